The highest BCUT2D eigenvalue weighted by atomic mass is 16.5. The van der Waals surface area contributed by atoms with Gasteiger partial charge in [0, 0.05) is 13.2 Å². The van der Waals surface area contributed by atoms with Gasteiger partial charge in [0.15, 0.2) is 5.82 Å². The lowest BCUT2D eigenvalue weighted by atomic mass is 10.1. The second-order valence-electron chi connectivity index (χ2n) is 5.78. The first-order valence-corrected chi connectivity index (χ1v) is 7.44. The summed E-state index contributed by atoms with van der Waals surface area (Å²) < 4.78 is 5.35. The number of aryl methyl sites for hydroxylation is 1. The van der Waals surface area contributed by atoms with Crippen molar-refractivity contribution in [2.24, 2.45) is 5.92 Å². The molecule has 1 atom stereocenters. The number of aromatic nitrogens is 2. The third kappa shape index (κ3) is 3.49. The van der Waals surface area contributed by atoms with Crippen LogP contribution in [0.3, 0.4) is 0 Å². The summed E-state index contributed by atoms with van der Waals surface area (Å²) in [5, 5.41) is 13.2. The Labute approximate surface area is 124 Å². The van der Waals surface area contributed by atoms with Gasteiger partial charge in [-0.2, -0.15) is 4.98 Å². The topological polar surface area (TPSA) is 62.4 Å². The van der Waals surface area contributed by atoms with E-state index in [0.717, 1.165) is 25.3 Å². The van der Waals surface area contributed by atoms with Crippen molar-refractivity contribution in [2.45, 2.75) is 26.3 Å². The molecule has 0 spiro atoms. The van der Waals surface area contributed by atoms with Gasteiger partial charge in [0.2, 0.25) is 5.89 Å². The highest BCUT2D eigenvalue weighted by Crippen LogP contribution is 2.18. The number of rotatable bonds is 5. The quantitative estimate of drug-likeness (QED) is 0.908. The van der Waals surface area contributed by atoms with Gasteiger partial charge in [-0.25, -0.2) is 0 Å². The molecule has 0 bridgehead atoms. The molecule has 5 nitrogen and oxygen atoms in total. The van der Waals surface area contributed by atoms with Gasteiger partial charge < -0.3 is 9.63 Å². The molecule has 0 saturated carbocycles. The second-order valence-corrected chi connectivity index (χ2v) is 5.78. The first-order chi connectivity index (χ1) is 10.2. The smallest absolute Gasteiger partial charge is 0.231 e. The molecule has 1 saturated heterocycles. The Hall–Kier alpha value is -1.72. The Bertz CT molecular complexity index is 597. The largest absolute Gasteiger partial charge is 0.396 e. The summed E-state index contributed by atoms with van der Waals surface area (Å²) >= 11 is 0. The number of benzene rings is 1. The maximum Gasteiger partial charge on any atom is 0.231 e. The zero-order valence-corrected chi connectivity index (χ0v) is 12.3. The van der Waals surface area contributed by atoms with Crippen LogP contribution in [0.4, 0.5) is 0 Å². The third-order valence-corrected chi connectivity index (χ3v) is 4.11. The van der Waals surface area contributed by atoms with Gasteiger partial charge in [-0.15, -0.1) is 0 Å². The third-order valence-electron chi connectivity index (χ3n) is 4.11. The monoisotopic (exact) mass is 287 g/mol. The first kappa shape index (κ1) is 14.2. The van der Waals surface area contributed by atoms with E-state index in [0.29, 0.717) is 24.8 Å². The highest BCUT2D eigenvalue weighted by molar-refractivity contribution is 5.27. The molecule has 0 aliphatic carbocycles. The summed E-state index contributed by atoms with van der Waals surface area (Å²) in [5.41, 5.74) is 2.46. The Kier molecular flexibility index (Phi) is 4.31. The molecular weight excluding hydrogens is 266 g/mol. The van der Waals surface area contributed by atoms with Gasteiger partial charge in [0.05, 0.1) is 13.0 Å². The molecule has 3 rings (SSSR count). The molecule has 112 valence electrons. The van der Waals surface area contributed by atoms with Crippen LogP contribution in [0, 0.1) is 12.8 Å². The Balaban J connectivity index is 1.60. The minimum absolute atomic E-state index is 0.265. The summed E-state index contributed by atoms with van der Waals surface area (Å²) in [4.78, 5) is 6.75. The zero-order chi connectivity index (χ0) is 14.7. The molecule has 21 heavy (non-hydrogen) atoms. The van der Waals surface area contributed by atoms with Crippen LogP contribution in [-0.4, -0.2) is 39.8 Å². The number of hydrogen-bond acceptors (Lipinski definition) is 5. The summed E-state index contributed by atoms with van der Waals surface area (Å²) in [5.74, 6) is 1.79. The van der Waals surface area contributed by atoms with E-state index in [1.54, 1.807) is 0 Å². The minimum atomic E-state index is 0.265. The van der Waals surface area contributed by atoms with Crippen molar-refractivity contribution in [2.75, 3.05) is 19.7 Å². The maximum absolute atomic E-state index is 9.17. The lowest BCUT2D eigenvalue weighted by molar-refractivity contribution is 0.218. The van der Waals surface area contributed by atoms with Crippen LogP contribution in [0.15, 0.2) is 28.8 Å². The zero-order valence-electron chi connectivity index (χ0n) is 12.3. The van der Waals surface area contributed by atoms with E-state index in [-0.39, 0.29) is 6.61 Å². The molecular formula is C16H21N3O2. The van der Waals surface area contributed by atoms with Crippen molar-refractivity contribution in [3.8, 4) is 0 Å². The predicted octanol–water partition coefficient (Wildman–Crippen LogP) is 1.78. The van der Waals surface area contributed by atoms with E-state index in [4.69, 9.17) is 9.63 Å². The highest BCUT2D eigenvalue weighted by Gasteiger charge is 2.23. The number of aliphatic hydroxyl groups is 1. The molecule has 1 aromatic carbocycles. The summed E-state index contributed by atoms with van der Waals surface area (Å²) in [6.07, 6.45) is 1.73. The summed E-state index contributed by atoms with van der Waals surface area (Å²) in [6.45, 7) is 4.96. The van der Waals surface area contributed by atoms with Crippen molar-refractivity contribution in [1.82, 2.24) is 15.0 Å². The predicted molar refractivity (Wildman–Crippen MR) is 78.8 cm³/mol. The Morgan fingerprint density at radius 2 is 2.24 bits per heavy atom. The average Bonchev–Trinajstić information content (AvgIpc) is 3.11. The molecule has 2 heterocycles. The van der Waals surface area contributed by atoms with Crippen molar-refractivity contribution >= 4 is 0 Å². The average molecular weight is 287 g/mol. The second kappa shape index (κ2) is 6.37. The standard InChI is InChI=1S/C16H21N3O2/c1-12-4-2-3-5-14(12)8-16-17-15(18-21-16)10-19-7-6-13(9-19)11-20/h2-5,13,20H,6-11H2,1H3. The first-order valence-electron chi connectivity index (χ1n) is 7.44. The van der Waals surface area contributed by atoms with Crippen molar-refractivity contribution < 1.29 is 9.63 Å². The molecule has 0 radical (unpaired) electrons. The molecule has 5 heteroatoms. The summed E-state index contributed by atoms with van der Waals surface area (Å²) in [7, 11) is 0. The number of aliphatic hydroxyl groups excluding tert-OH is 1. The van der Waals surface area contributed by atoms with Crippen molar-refractivity contribution in [3.05, 3.63) is 47.1 Å². The lowest BCUT2D eigenvalue weighted by Gasteiger charge is -2.12. The lowest BCUT2D eigenvalue weighted by Crippen LogP contribution is -2.21. The van der Waals surface area contributed by atoms with E-state index in [2.05, 4.69) is 34.1 Å². The number of hydrogen-bond donors (Lipinski definition) is 1. The minimum Gasteiger partial charge on any atom is -0.396 e. The van der Waals surface area contributed by atoms with E-state index >= 15 is 0 Å². The van der Waals surface area contributed by atoms with E-state index in [1.807, 2.05) is 12.1 Å². The van der Waals surface area contributed by atoms with Gasteiger partial charge in [-0.3, -0.25) is 4.90 Å². The van der Waals surface area contributed by atoms with Crippen LogP contribution in [0.5, 0.6) is 0 Å². The normalized spacial score (nSPS) is 19.2. The van der Waals surface area contributed by atoms with Crippen LogP contribution in [0.2, 0.25) is 0 Å². The maximum atomic E-state index is 9.17. The summed E-state index contributed by atoms with van der Waals surface area (Å²) in [6, 6.07) is 8.24. The van der Waals surface area contributed by atoms with E-state index in [1.165, 1.54) is 11.1 Å². The Morgan fingerprint density at radius 3 is 3.00 bits per heavy atom. The number of nitrogens with zero attached hydrogens (tertiary/aromatic N) is 3. The fourth-order valence-electron chi connectivity index (χ4n) is 2.80. The molecule has 1 aromatic heterocycles. The Morgan fingerprint density at radius 1 is 1.38 bits per heavy atom. The van der Waals surface area contributed by atoms with Crippen LogP contribution in [0.1, 0.15) is 29.3 Å². The van der Waals surface area contributed by atoms with Crippen LogP contribution in [-0.2, 0) is 13.0 Å². The molecule has 0 amide bonds. The van der Waals surface area contributed by atoms with Crippen LogP contribution < -0.4 is 0 Å². The number of likely N-dealkylation sites (tertiary alicyclic amines) is 1. The van der Waals surface area contributed by atoms with Crippen molar-refractivity contribution in [3.63, 3.8) is 0 Å². The fourth-order valence-corrected chi connectivity index (χ4v) is 2.80. The SMILES string of the molecule is Cc1ccccc1Cc1nc(CN2CCC(CO)C2)no1. The van der Waals surface area contributed by atoms with E-state index in [9.17, 15) is 0 Å². The fraction of sp³-hybridized carbons (Fsp3) is 0.500. The molecule has 2 aromatic rings. The molecule has 1 fully saturated rings. The van der Waals surface area contributed by atoms with Gasteiger partial charge in [-0.1, -0.05) is 29.4 Å². The van der Waals surface area contributed by atoms with Crippen LogP contribution >= 0.6 is 0 Å². The molecule has 1 unspecified atom stereocenters. The van der Waals surface area contributed by atoms with Gasteiger partial charge in [0.1, 0.15) is 0 Å². The van der Waals surface area contributed by atoms with E-state index < -0.39 is 0 Å². The molecule has 1 N–H and O–H groups in total. The molecule has 1 aliphatic heterocycles. The van der Waals surface area contributed by atoms with Gasteiger partial charge >= 0.3 is 0 Å². The van der Waals surface area contributed by atoms with Crippen LogP contribution in [0.25, 0.3) is 0 Å². The van der Waals surface area contributed by atoms with Gasteiger partial charge in [0.25, 0.3) is 0 Å². The van der Waals surface area contributed by atoms with Crippen molar-refractivity contribution in [1.29, 1.82) is 0 Å². The molecule has 1 aliphatic rings. The van der Waals surface area contributed by atoms with Gasteiger partial charge in [-0.05, 0) is 36.9 Å².